The van der Waals surface area contributed by atoms with Gasteiger partial charge in [0.2, 0.25) is 10.0 Å². The summed E-state index contributed by atoms with van der Waals surface area (Å²) in [5.74, 6) is 2.36. The van der Waals surface area contributed by atoms with Crippen LogP contribution in [-0.4, -0.2) is 57.7 Å². The van der Waals surface area contributed by atoms with E-state index in [1.165, 1.54) is 51.2 Å². The standard InChI is InChI=1S/C19H38N4O2S.HI/c1-3-20-19(21-13-7-6-10-17-8-4-5-9-17)22-16-18-11-14-23(15-12-18)26(2,24)25;/h17-18H,3-16H2,1-2H3,(H2,20,21,22);1H. The molecule has 27 heavy (non-hydrogen) atoms. The van der Waals surface area contributed by atoms with E-state index in [4.69, 9.17) is 4.99 Å². The lowest BCUT2D eigenvalue weighted by atomic mass is 9.98. The van der Waals surface area contributed by atoms with Crippen LogP contribution in [0.1, 0.15) is 64.7 Å². The molecule has 2 rings (SSSR count). The molecule has 160 valence electrons. The van der Waals surface area contributed by atoms with E-state index < -0.39 is 10.0 Å². The number of halogens is 1. The largest absolute Gasteiger partial charge is 0.357 e. The first kappa shape index (κ1) is 24.9. The van der Waals surface area contributed by atoms with Crippen LogP contribution in [0.15, 0.2) is 4.99 Å². The second kappa shape index (κ2) is 13.2. The summed E-state index contributed by atoms with van der Waals surface area (Å²) in [4.78, 5) is 4.73. The van der Waals surface area contributed by atoms with Crippen LogP contribution < -0.4 is 10.6 Å². The molecule has 1 heterocycles. The van der Waals surface area contributed by atoms with Crippen LogP contribution in [0.3, 0.4) is 0 Å². The number of piperidine rings is 1. The van der Waals surface area contributed by atoms with Crippen molar-refractivity contribution in [3.05, 3.63) is 0 Å². The van der Waals surface area contributed by atoms with Crippen LogP contribution in [-0.2, 0) is 10.0 Å². The second-order valence-electron chi connectivity index (χ2n) is 7.90. The minimum absolute atomic E-state index is 0. The predicted molar refractivity (Wildman–Crippen MR) is 124 cm³/mol. The van der Waals surface area contributed by atoms with E-state index in [9.17, 15) is 8.42 Å². The molecule has 0 bridgehead atoms. The van der Waals surface area contributed by atoms with Crippen LogP contribution >= 0.6 is 24.0 Å². The first-order chi connectivity index (χ1) is 12.5. The maximum absolute atomic E-state index is 11.6. The number of sulfonamides is 1. The van der Waals surface area contributed by atoms with Gasteiger partial charge in [0, 0.05) is 32.7 Å². The molecule has 2 fully saturated rings. The molecule has 6 nitrogen and oxygen atoms in total. The molecule has 0 aromatic carbocycles. The highest BCUT2D eigenvalue weighted by atomic mass is 127. The smallest absolute Gasteiger partial charge is 0.211 e. The summed E-state index contributed by atoms with van der Waals surface area (Å²) in [5, 5.41) is 6.77. The van der Waals surface area contributed by atoms with E-state index >= 15 is 0 Å². The number of rotatable bonds is 9. The first-order valence-electron chi connectivity index (χ1n) is 10.5. The average molecular weight is 515 g/mol. The number of nitrogens with zero attached hydrogens (tertiary/aromatic N) is 2. The lowest BCUT2D eigenvalue weighted by Crippen LogP contribution is -2.40. The Bertz CT molecular complexity index is 528. The zero-order valence-corrected chi connectivity index (χ0v) is 20.2. The zero-order valence-electron chi connectivity index (χ0n) is 17.1. The van der Waals surface area contributed by atoms with Gasteiger partial charge in [0.05, 0.1) is 6.26 Å². The maximum Gasteiger partial charge on any atom is 0.211 e. The minimum atomic E-state index is -3.04. The number of unbranched alkanes of at least 4 members (excludes halogenated alkanes) is 1. The molecule has 2 aliphatic rings. The van der Waals surface area contributed by atoms with Gasteiger partial charge in [-0.25, -0.2) is 12.7 Å². The molecule has 1 aliphatic carbocycles. The molecule has 1 saturated carbocycles. The van der Waals surface area contributed by atoms with E-state index in [0.29, 0.717) is 19.0 Å². The summed E-state index contributed by atoms with van der Waals surface area (Å²) < 4.78 is 24.7. The Morgan fingerprint density at radius 3 is 2.30 bits per heavy atom. The van der Waals surface area contributed by atoms with Crippen LogP contribution in [0.4, 0.5) is 0 Å². The molecular formula is C19H39IN4O2S. The van der Waals surface area contributed by atoms with Crippen molar-refractivity contribution >= 4 is 40.0 Å². The Balaban J connectivity index is 0.00000364. The normalized spacial score (nSPS) is 20.4. The molecule has 2 N–H and O–H groups in total. The molecule has 1 saturated heterocycles. The van der Waals surface area contributed by atoms with Gasteiger partial charge in [-0.2, -0.15) is 0 Å². The third-order valence-corrected chi connectivity index (χ3v) is 7.00. The van der Waals surface area contributed by atoms with Crippen molar-refractivity contribution < 1.29 is 8.42 Å². The van der Waals surface area contributed by atoms with Crippen molar-refractivity contribution in [1.29, 1.82) is 0 Å². The van der Waals surface area contributed by atoms with E-state index in [2.05, 4.69) is 17.6 Å². The number of hydrogen-bond donors (Lipinski definition) is 2. The summed E-state index contributed by atoms with van der Waals surface area (Å²) in [6.07, 6.45) is 12.7. The molecule has 1 aliphatic heterocycles. The van der Waals surface area contributed by atoms with Crippen molar-refractivity contribution in [2.75, 3.05) is 39.0 Å². The maximum atomic E-state index is 11.6. The van der Waals surface area contributed by atoms with E-state index in [1.54, 1.807) is 4.31 Å². The highest BCUT2D eigenvalue weighted by molar-refractivity contribution is 14.0. The lowest BCUT2D eigenvalue weighted by molar-refractivity contribution is 0.280. The van der Waals surface area contributed by atoms with Gasteiger partial charge in [0.1, 0.15) is 0 Å². The Kier molecular flexibility index (Phi) is 12.2. The Hall–Kier alpha value is -0.0900. The fraction of sp³-hybridized carbons (Fsp3) is 0.947. The quantitative estimate of drug-likeness (QED) is 0.215. The van der Waals surface area contributed by atoms with Gasteiger partial charge in [-0.1, -0.05) is 38.5 Å². The van der Waals surface area contributed by atoms with Crippen molar-refractivity contribution in [2.24, 2.45) is 16.8 Å². The fourth-order valence-electron chi connectivity index (χ4n) is 4.05. The summed E-state index contributed by atoms with van der Waals surface area (Å²) >= 11 is 0. The monoisotopic (exact) mass is 514 g/mol. The highest BCUT2D eigenvalue weighted by Gasteiger charge is 2.24. The molecule has 0 atom stereocenters. The topological polar surface area (TPSA) is 73.8 Å². The van der Waals surface area contributed by atoms with Gasteiger partial charge in [-0.05, 0) is 38.0 Å². The Morgan fingerprint density at radius 2 is 1.70 bits per heavy atom. The third kappa shape index (κ3) is 9.78. The van der Waals surface area contributed by atoms with Gasteiger partial charge in [0.15, 0.2) is 5.96 Å². The van der Waals surface area contributed by atoms with Crippen molar-refractivity contribution in [2.45, 2.75) is 64.7 Å². The van der Waals surface area contributed by atoms with Crippen LogP contribution in [0.25, 0.3) is 0 Å². The van der Waals surface area contributed by atoms with Crippen molar-refractivity contribution in [1.82, 2.24) is 14.9 Å². The van der Waals surface area contributed by atoms with Gasteiger partial charge >= 0.3 is 0 Å². The lowest BCUT2D eigenvalue weighted by Gasteiger charge is -2.29. The van der Waals surface area contributed by atoms with Crippen molar-refractivity contribution in [3.8, 4) is 0 Å². The van der Waals surface area contributed by atoms with Gasteiger partial charge in [-0.15, -0.1) is 24.0 Å². The molecular weight excluding hydrogens is 475 g/mol. The summed E-state index contributed by atoms with van der Waals surface area (Å²) in [5.41, 5.74) is 0. The highest BCUT2D eigenvalue weighted by Crippen LogP contribution is 2.28. The van der Waals surface area contributed by atoms with E-state index in [1.807, 2.05) is 0 Å². The van der Waals surface area contributed by atoms with Crippen molar-refractivity contribution in [3.63, 3.8) is 0 Å². The minimum Gasteiger partial charge on any atom is -0.357 e. The first-order valence-corrected chi connectivity index (χ1v) is 12.3. The molecule has 0 unspecified atom stereocenters. The summed E-state index contributed by atoms with van der Waals surface area (Å²) in [6.45, 7) is 5.96. The van der Waals surface area contributed by atoms with E-state index in [0.717, 1.165) is 44.4 Å². The Morgan fingerprint density at radius 1 is 1.04 bits per heavy atom. The predicted octanol–water partition coefficient (Wildman–Crippen LogP) is 3.19. The van der Waals surface area contributed by atoms with E-state index in [-0.39, 0.29) is 24.0 Å². The van der Waals surface area contributed by atoms with Crippen LogP contribution in [0.5, 0.6) is 0 Å². The molecule has 0 radical (unpaired) electrons. The molecule has 0 aromatic rings. The number of nitrogens with one attached hydrogen (secondary N) is 2. The van der Waals surface area contributed by atoms with Gasteiger partial charge in [0.25, 0.3) is 0 Å². The van der Waals surface area contributed by atoms with Crippen LogP contribution in [0, 0.1) is 11.8 Å². The average Bonchev–Trinajstić information content (AvgIpc) is 3.12. The zero-order chi connectivity index (χ0) is 18.8. The number of hydrogen-bond acceptors (Lipinski definition) is 3. The SMILES string of the molecule is CCNC(=NCC1CCN(S(C)(=O)=O)CC1)NCCCCC1CCCC1.I. The number of guanidine groups is 1. The van der Waals surface area contributed by atoms with Gasteiger partial charge < -0.3 is 10.6 Å². The molecule has 0 spiro atoms. The fourth-order valence-corrected chi connectivity index (χ4v) is 4.92. The third-order valence-electron chi connectivity index (χ3n) is 5.70. The van der Waals surface area contributed by atoms with Crippen LogP contribution in [0.2, 0.25) is 0 Å². The molecule has 8 heteroatoms. The summed E-state index contributed by atoms with van der Waals surface area (Å²) in [6, 6.07) is 0. The summed E-state index contributed by atoms with van der Waals surface area (Å²) in [7, 11) is -3.04. The molecule has 0 aromatic heterocycles. The Labute approximate surface area is 183 Å². The molecule has 0 amide bonds. The second-order valence-corrected chi connectivity index (χ2v) is 9.88. The number of aliphatic imine (C=N–C) groups is 1. The van der Waals surface area contributed by atoms with Gasteiger partial charge in [-0.3, -0.25) is 4.99 Å².